The van der Waals surface area contributed by atoms with Gasteiger partial charge in [-0.2, -0.15) is 0 Å². The molecule has 0 bridgehead atoms. The van der Waals surface area contributed by atoms with Gasteiger partial charge in [-0.05, 0) is 19.4 Å². The largest absolute Gasteiger partial charge is 0.375 e. The van der Waals surface area contributed by atoms with E-state index in [-0.39, 0.29) is 6.04 Å². The second-order valence-corrected chi connectivity index (χ2v) is 4.65. The van der Waals surface area contributed by atoms with Crippen LogP contribution in [0.1, 0.15) is 18.2 Å². The molecule has 0 aliphatic heterocycles. The number of likely N-dealkylation sites (N-methyl/N-ethyl adjacent to an activating group) is 1. The summed E-state index contributed by atoms with van der Waals surface area (Å²) < 4.78 is 28.6. The molecule has 0 saturated carbocycles. The molecule has 1 aromatic heterocycles. The zero-order chi connectivity index (χ0) is 12.5. The minimum absolute atomic E-state index is 0.262. The second-order valence-electron chi connectivity index (χ2n) is 3.68. The summed E-state index contributed by atoms with van der Waals surface area (Å²) in [7, 11) is 0. The number of halogens is 2. The summed E-state index contributed by atoms with van der Waals surface area (Å²) in [5.74, 6) is 0. The number of aromatic nitrogens is 1. The molecule has 1 rings (SSSR count). The van der Waals surface area contributed by atoms with Crippen LogP contribution in [-0.2, 0) is 11.2 Å². The van der Waals surface area contributed by atoms with Crippen molar-refractivity contribution in [3.8, 4) is 0 Å². The van der Waals surface area contributed by atoms with Gasteiger partial charge in [0.05, 0.1) is 5.51 Å². The van der Waals surface area contributed by atoms with Crippen LogP contribution in [0.15, 0.2) is 11.7 Å². The highest BCUT2D eigenvalue weighted by Crippen LogP contribution is 2.10. The smallest absolute Gasteiger partial charge is 0.261 e. The molecule has 17 heavy (non-hydrogen) atoms. The van der Waals surface area contributed by atoms with Gasteiger partial charge < -0.3 is 10.1 Å². The molecular weight excluding hydrogens is 246 g/mol. The molecule has 1 unspecified atom stereocenters. The van der Waals surface area contributed by atoms with Crippen molar-refractivity contribution in [1.82, 2.24) is 10.3 Å². The van der Waals surface area contributed by atoms with Gasteiger partial charge in [0.2, 0.25) is 0 Å². The van der Waals surface area contributed by atoms with Gasteiger partial charge in [-0.3, -0.25) is 4.98 Å². The minimum Gasteiger partial charge on any atom is -0.375 e. The van der Waals surface area contributed by atoms with Crippen molar-refractivity contribution in [2.75, 3.05) is 19.8 Å². The van der Waals surface area contributed by atoms with Gasteiger partial charge in [-0.1, -0.05) is 6.92 Å². The first kappa shape index (κ1) is 14.5. The average Bonchev–Trinajstić information content (AvgIpc) is 2.77. The summed E-state index contributed by atoms with van der Waals surface area (Å²) in [5.41, 5.74) is 1.80. The first-order valence-electron chi connectivity index (χ1n) is 5.69. The Morgan fingerprint density at radius 1 is 1.53 bits per heavy atom. The van der Waals surface area contributed by atoms with E-state index < -0.39 is 13.0 Å². The third-order valence-corrected chi connectivity index (χ3v) is 3.08. The van der Waals surface area contributed by atoms with E-state index in [2.05, 4.69) is 10.3 Å². The molecule has 0 radical (unpaired) electrons. The van der Waals surface area contributed by atoms with Gasteiger partial charge in [-0.25, -0.2) is 8.78 Å². The molecule has 6 heteroatoms. The maximum absolute atomic E-state index is 11.9. The van der Waals surface area contributed by atoms with Crippen LogP contribution in [0.2, 0.25) is 0 Å². The van der Waals surface area contributed by atoms with Crippen LogP contribution in [0.25, 0.3) is 0 Å². The van der Waals surface area contributed by atoms with E-state index in [1.807, 2.05) is 13.1 Å². The number of thiazole rings is 1. The lowest BCUT2D eigenvalue weighted by Crippen LogP contribution is -2.32. The molecule has 1 aromatic rings. The van der Waals surface area contributed by atoms with Crippen molar-refractivity contribution in [3.05, 3.63) is 16.6 Å². The number of alkyl halides is 2. The number of hydrogen-bond acceptors (Lipinski definition) is 4. The van der Waals surface area contributed by atoms with E-state index >= 15 is 0 Å². The number of nitrogens with one attached hydrogen (secondary N) is 1. The molecule has 0 aromatic carbocycles. The molecule has 0 aliphatic carbocycles. The van der Waals surface area contributed by atoms with E-state index in [4.69, 9.17) is 4.74 Å². The summed E-state index contributed by atoms with van der Waals surface area (Å²) in [6, 6.07) is 0.262. The Morgan fingerprint density at radius 2 is 2.35 bits per heavy atom. The molecule has 3 nitrogen and oxygen atoms in total. The monoisotopic (exact) mass is 264 g/mol. The Labute approximate surface area is 104 Å². The molecule has 1 heterocycles. The summed E-state index contributed by atoms with van der Waals surface area (Å²) in [6.45, 7) is 2.78. The van der Waals surface area contributed by atoms with Crippen molar-refractivity contribution in [3.63, 3.8) is 0 Å². The van der Waals surface area contributed by atoms with Crippen LogP contribution in [0.4, 0.5) is 8.78 Å². The van der Waals surface area contributed by atoms with Crippen LogP contribution in [0.3, 0.4) is 0 Å². The third kappa shape index (κ3) is 6.65. The van der Waals surface area contributed by atoms with Crippen molar-refractivity contribution in [2.24, 2.45) is 0 Å². The van der Waals surface area contributed by atoms with E-state index in [1.165, 1.54) is 4.88 Å². The zero-order valence-electron chi connectivity index (χ0n) is 9.86. The van der Waals surface area contributed by atoms with Crippen LogP contribution in [0.5, 0.6) is 0 Å². The fourth-order valence-corrected chi connectivity index (χ4v) is 2.23. The average molecular weight is 264 g/mol. The minimum atomic E-state index is -2.38. The molecule has 0 aliphatic rings. The van der Waals surface area contributed by atoms with Gasteiger partial charge in [-0.15, -0.1) is 11.3 Å². The quantitative estimate of drug-likeness (QED) is 0.695. The molecular formula is C11H18F2N2OS. The lowest BCUT2D eigenvalue weighted by atomic mass is 10.1. The molecule has 0 amide bonds. The molecule has 0 fully saturated rings. The Balaban J connectivity index is 2.23. The summed E-state index contributed by atoms with van der Waals surface area (Å²) in [6.07, 6.45) is 1.07. The van der Waals surface area contributed by atoms with Crippen LogP contribution >= 0.6 is 11.3 Å². The molecule has 0 saturated heterocycles. The van der Waals surface area contributed by atoms with Crippen LogP contribution in [-0.4, -0.2) is 37.2 Å². The van der Waals surface area contributed by atoms with Gasteiger partial charge >= 0.3 is 0 Å². The number of ether oxygens (including phenoxy) is 1. The number of rotatable bonds is 9. The number of nitrogens with zero attached hydrogens (tertiary/aromatic N) is 1. The Kier molecular flexibility index (Phi) is 7.23. The Morgan fingerprint density at radius 3 is 2.94 bits per heavy atom. The molecule has 1 atom stereocenters. The fourth-order valence-electron chi connectivity index (χ4n) is 1.55. The first-order chi connectivity index (χ1) is 8.22. The van der Waals surface area contributed by atoms with E-state index in [0.29, 0.717) is 6.61 Å². The van der Waals surface area contributed by atoms with Crippen molar-refractivity contribution >= 4 is 11.3 Å². The summed E-state index contributed by atoms with van der Waals surface area (Å²) >= 11 is 1.61. The van der Waals surface area contributed by atoms with Crippen LogP contribution < -0.4 is 5.32 Å². The van der Waals surface area contributed by atoms with Crippen molar-refractivity contribution in [1.29, 1.82) is 0 Å². The standard InChI is InChI=1S/C11H18F2N2OS/c1-2-15-9(3-4-16-7-11(12)13)5-10-6-14-8-17-10/h6,8-9,11,15H,2-5,7H2,1H3. The summed E-state index contributed by atoms with van der Waals surface area (Å²) in [5, 5.41) is 3.32. The normalized spacial score (nSPS) is 13.2. The van der Waals surface area contributed by atoms with Gasteiger partial charge in [0.25, 0.3) is 6.43 Å². The lowest BCUT2D eigenvalue weighted by Gasteiger charge is -2.16. The SMILES string of the molecule is CCNC(CCOCC(F)F)Cc1cncs1. The van der Waals surface area contributed by atoms with Gasteiger partial charge in [0, 0.05) is 23.7 Å². The highest BCUT2D eigenvalue weighted by Gasteiger charge is 2.10. The predicted octanol–water partition coefficient (Wildman–Crippen LogP) is 2.34. The van der Waals surface area contributed by atoms with E-state index in [0.717, 1.165) is 19.4 Å². The van der Waals surface area contributed by atoms with Gasteiger partial charge in [0.15, 0.2) is 0 Å². The van der Waals surface area contributed by atoms with Crippen LogP contribution in [0, 0.1) is 0 Å². The second kappa shape index (κ2) is 8.49. The summed E-state index contributed by atoms with van der Waals surface area (Å²) in [4.78, 5) is 5.21. The Bertz CT molecular complexity index is 283. The lowest BCUT2D eigenvalue weighted by molar-refractivity contribution is 0.0145. The van der Waals surface area contributed by atoms with Crippen molar-refractivity contribution < 1.29 is 13.5 Å². The molecule has 98 valence electrons. The first-order valence-corrected chi connectivity index (χ1v) is 6.57. The third-order valence-electron chi connectivity index (χ3n) is 2.28. The maximum Gasteiger partial charge on any atom is 0.261 e. The zero-order valence-corrected chi connectivity index (χ0v) is 10.7. The van der Waals surface area contributed by atoms with Gasteiger partial charge in [0.1, 0.15) is 6.61 Å². The van der Waals surface area contributed by atoms with E-state index in [9.17, 15) is 8.78 Å². The molecule has 0 spiro atoms. The predicted molar refractivity (Wildman–Crippen MR) is 64.7 cm³/mol. The highest BCUT2D eigenvalue weighted by molar-refractivity contribution is 7.09. The van der Waals surface area contributed by atoms with E-state index in [1.54, 1.807) is 16.8 Å². The van der Waals surface area contributed by atoms with Crippen molar-refractivity contribution in [2.45, 2.75) is 32.2 Å². The fraction of sp³-hybridized carbons (Fsp3) is 0.727. The Hall–Kier alpha value is -0.590. The molecule has 1 N–H and O–H groups in total. The maximum atomic E-state index is 11.9. The topological polar surface area (TPSA) is 34.1 Å². The highest BCUT2D eigenvalue weighted by atomic mass is 32.1. The number of hydrogen-bond donors (Lipinski definition) is 1.